The highest BCUT2D eigenvalue weighted by molar-refractivity contribution is 9.10. The predicted molar refractivity (Wildman–Crippen MR) is 129 cm³/mol. The van der Waals surface area contributed by atoms with Crippen molar-refractivity contribution >= 4 is 28.8 Å². The zero-order valence-corrected chi connectivity index (χ0v) is 19.2. The average molecular weight is 490 g/mol. The Morgan fingerprint density at radius 3 is 1.94 bits per heavy atom. The van der Waals surface area contributed by atoms with Crippen LogP contribution in [0.4, 0.5) is 0 Å². The van der Waals surface area contributed by atoms with Crippen LogP contribution in [-0.2, 0) is 15.6 Å². The van der Waals surface area contributed by atoms with E-state index in [0.717, 1.165) is 32.3 Å². The minimum absolute atomic E-state index is 0.409. The Hall–Kier alpha value is -2.49. The zero-order valence-electron chi connectivity index (χ0n) is 16.7. The van der Waals surface area contributed by atoms with Crippen molar-refractivity contribution in [3.8, 4) is 11.1 Å². The third-order valence-electron chi connectivity index (χ3n) is 5.53. The lowest BCUT2D eigenvalue weighted by Gasteiger charge is -2.26. The van der Waals surface area contributed by atoms with Crippen LogP contribution in [0.5, 0.6) is 0 Å². The summed E-state index contributed by atoms with van der Waals surface area (Å²) in [7, 11) is -3.43. The lowest BCUT2D eigenvalue weighted by Crippen LogP contribution is -2.23. The van der Waals surface area contributed by atoms with Gasteiger partial charge in [0.15, 0.2) is 0 Å². The molecule has 5 rings (SSSR count). The van der Waals surface area contributed by atoms with Crippen LogP contribution in [0.25, 0.3) is 11.1 Å². The monoisotopic (exact) mass is 489 g/mol. The van der Waals surface area contributed by atoms with E-state index in [1.807, 2.05) is 78.9 Å². The first-order chi connectivity index (χ1) is 15.2. The Morgan fingerprint density at radius 1 is 0.742 bits per heavy atom. The molecule has 0 heterocycles. The lowest BCUT2D eigenvalue weighted by atomic mass is 10.1. The molecule has 1 aliphatic rings. The fourth-order valence-electron chi connectivity index (χ4n) is 4.03. The van der Waals surface area contributed by atoms with E-state index in [9.17, 15) is 4.57 Å². The second-order valence-corrected chi connectivity index (χ2v) is 10.4. The molecule has 3 nitrogen and oxygen atoms in total. The Balaban J connectivity index is 1.56. The quantitative estimate of drug-likeness (QED) is 0.301. The van der Waals surface area contributed by atoms with Gasteiger partial charge in [-0.2, -0.15) is 0 Å². The summed E-state index contributed by atoms with van der Waals surface area (Å²) in [5.41, 5.74) is 5.38. The van der Waals surface area contributed by atoms with Gasteiger partial charge in [0.1, 0.15) is 6.10 Å². The van der Waals surface area contributed by atoms with E-state index in [2.05, 4.69) is 45.3 Å². The molecular formula is C26H21BrNO2P. The van der Waals surface area contributed by atoms with Crippen LogP contribution in [0.1, 0.15) is 22.8 Å². The van der Waals surface area contributed by atoms with Crippen molar-refractivity contribution in [3.63, 3.8) is 0 Å². The highest BCUT2D eigenvalue weighted by atomic mass is 79.9. The Morgan fingerprint density at radius 2 is 1.29 bits per heavy atom. The summed E-state index contributed by atoms with van der Waals surface area (Å²) in [6.45, 7) is 0.440. The maximum absolute atomic E-state index is 14.4. The van der Waals surface area contributed by atoms with Crippen molar-refractivity contribution in [3.05, 3.63) is 124 Å². The second-order valence-electron chi connectivity index (χ2n) is 7.48. The van der Waals surface area contributed by atoms with E-state index in [4.69, 9.17) is 4.52 Å². The first-order valence-corrected chi connectivity index (χ1v) is 12.6. The van der Waals surface area contributed by atoms with Crippen molar-refractivity contribution in [2.75, 3.05) is 0 Å². The molecule has 0 radical (unpaired) electrons. The van der Waals surface area contributed by atoms with Gasteiger partial charge in [-0.1, -0.05) is 91.0 Å². The van der Waals surface area contributed by atoms with Crippen LogP contribution in [0.2, 0.25) is 0 Å². The SMILES string of the molecule is O=[P@](NCc1ccccc1)(OC1c2ccccc2-c2ccccc21)c1ccccc1Br. The summed E-state index contributed by atoms with van der Waals surface area (Å²) in [5.74, 6) is 0. The van der Waals surface area contributed by atoms with Gasteiger partial charge in [-0.3, -0.25) is 4.57 Å². The van der Waals surface area contributed by atoms with Crippen molar-refractivity contribution in [1.29, 1.82) is 0 Å². The van der Waals surface area contributed by atoms with Crippen molar-refractivity contribution in [1.82, 2.24) is 5.09 Å². The molecule has 4 aromatic carbocycles. The molecule has 0 saturated carbocycles. The van der Waals surface area contributed by atoms with Crippen LogP contribution in [0.15, 0.2) is 108 Å². The molecule has 0 aliphatic heterocycles. The number of benzene rings is 4. The zero-order chi connectivity index (χ0) is 21.3. The third kappa shape index (κ3) is 3.93. The minimum Gasteiger partial charge on any atom is -0.301 e. The van der Waals surface area contributed by atoms with Gasteiger partial charge < -0.3 is 4.52 Å². The predicted octanol–water partition coefficient (Wildman–Crippen LogP) is 6.84. The smallest absolute Gasteiger partial charge is 0.301 e. The van der Waals surface area contributed by atoms with Crippen molar-refractivity contribution < 1.29 is 9.09 Å². The van der Waals surface area contributed by atoms with Gasteiger partial charge >= 0.3 is 7.52 Å². The highest BCUT2D eigenvalue weighted by Gasteiger charge is 2.37. The molecule has 0 spiro atoms. The Bertz CT molecular complexity index is 1230. The maximum atomic E-state index is 14.4. The topological polar surface area (TPSA) is 38.3 Å². The molecule has 31 heavy (non-hydrogen) atoms. The average Bonchev–Trinajstić information content (AvgIpc) is 3.12. The van der Waals surface area contributed by atoms with E-state index in [1.165, 1.54) is 0 Å². The van der Waals surface area contributed by atoms with Crippen LogP contribution >= 0.6 is 23.4 Å². The van der Waals surface area contributed by atoms with Crippen LogP contribution in [0.3, 0.4) is 0 Å². The van der Waals surface area contributed by atoms with Gasteiger partial charge in [0.2, 0.25) is 0 Å². The highest BCUT2D eigenvalue weighted by Crippen LogP contribution is 2.54. The van der Waals surface area contributed by atoms with Crippen LogP contribution < -0.4 is 10.4 Å². The molecule has 1 atom stereocenters. The molecule has 1 N–H and O–H groups in total. The molecule has 0 fully saturated rings. The summed E-state index contributed by atoms with van der Waals surface area (Å²) in [4.78, 5) is 0. The fourth-order valence-corrected chi connectivity index (χ4v) is 6.93. The Labute approximate surface area is 190 Å². The molecule has 0 bridgehead atoms. The van der Waals surface area contributed by atoms with Gasteiger partial charge in [-0.05, 0) is 55.9 Å². The van der Waals surface area contributed by atoms with E-state index in [-0.39, 0.29) is 0 Å². The van der Waals surface area contributed by atoms with Crippen LogP contribution in [-0.4, -0.2) is 0 Å². The fraction of sp³-hybridized carbons (Fsp3) is 0.0769. The number of halogens is 1. The molecule has 154 valence electrons. The standard InChI is InChI=1S/C26H21BrNO2P/c27-24-16-8-9-17-25(24)31(29,28-18-19-10-2-1-3-11-19)30-26-22-14-6-4-12-20(22)21-13-5-7-15-23(21)26/h1-17,26H,18H2,(H,28,29)/t31-/m0/s1. The minimum atomic E-state index is -3.43. The maximum Gasteiger partial charge on any atom is 0.302 e. The van der Waals surface area contributed by atoms with Crippen LogP contribution in [0, 0.1) is 0 Å². The number of hydrogen-bond acceptors (Lipinski definition) is 2. The molecule has 0 saturated heterocycles. The van der Waals surface area contributed by atoms with E-state index >= 15 is 0 Å². The molecule has 0 amide bonds. The normalized spacial score (nSPS) is 14.6. The third-order valence-corrected chi connectivity index (χ3v) is 8.64. The summed E-state index contributed by atoms with van der Waals surface area (Å²) >= 11 is 3.58. The first kappa shape index (κ1) is 20.4. The largest absolute Gasteiger partial charge is 0.302 e. The van der Waals surface area contributed by atoms with Gasteiger partial charge in [0.05, 0.1) is 5.30 Å². The molecule has 5 heteroatoms. The van der Waals surface area contributed by atoms with Gasteiger partial charge in [-0.25, -0.2) is 5.09 Å². The van der Waals surface area contributed by atoms with Crippen molar-refractivity contribution in [2.24, 2.45) is 0 Å². The van der Waals surface area contributed by atoms with E-state index in [1.54, 1.807) is 0 Å². The summed E-state index contributed by atoms with van der Waals surface area (Å²) in [5, 5.41) is 3.89. The molecule has 1 aliphatic carbocycles. The molecule has 0 aromatic heterocycles. The number of nitrogens with one attached hydrogen (secondary N) is 1. The number of fused-ring (bicyclic) bond motifs is 3. The number of rotatable bonds is 6. The molecule has 0 unspecified atom stereocenters. The molecule has 4 aromatic rings. The summed E-state index contributed by atoms with van der Waals surface area (Å²) in [6, 6.07) is 33.9. The first-order valence-electron chi connectivity index (χ1n) is 10.2. The van der Waals surface area contributed by atoms with Gasteiger partial charge in [0.25, 0.3) is 0 Å². The van der Waals surface area contributed by atoms with Gasteiger partial charge in [0, 0.05) is 11.0 Å². The van der Waals surface area contributed by atoms with Crippen molar-refractivity contribution in [2.45, 2.75) is 12.6 Å². The Kier molecular flexibility index (Phi) is 5.64. The number of hydrogen-bond donors (Lipinski definition) is 1. The lowest BCUT2D eigenvalue weighted by molar-refractivity contribution is 0.252. The second kappa shape index (κ2) is 8.57. The summed E-state index contributed by atoms with van der Waals surface area (Å²) in [6.07, 6.45) is -0.409. The van der Waals surface area contributed by atoms with Gasteiger partial charge in [-0.15, -0.1) is 0 Å². The molecular weight excluding hydrogens is 469 g/mol. The van der Waals surface area contributed by atoms with E-state index in [0.29, 0.717) is 11.8 Å². The van der Waals surface area contributed by atoms with E-state index < -0.39 is 13.6 Å². The summed E-state index contributed by atoms with van der Waals surface area (Å²) < 4.78 is 21.7.